The van der Waals surface area contributed by atoms with E-state index in [-0.39, 0.29) is 37.6 Å². The fourth-order valence-electron chi connectivity index (χ4n) is 6.35. The van der Waals surface area contributed by atoms with Crippen LogP contribution in [0.4, 0.5) is 0 Å². The number of hydrogen-bond donors (Lipinski definition) is 3. The fraction of sp³-hybridized carbons (Fsp3) is 0.444. The average Bonchev–Trinajstić information content (AvgIpc) is 3.91. The number of carbonyl (C=O) groups is 2. The van der Waals surface area contributed by atoms with Crippen molar-refractivity contribution in [2.45, 2.75) is 45.3 Å². The van der Waals surface area contributed by atoms with E-state index in [0.717, 1.165) is 65.3 Å². The van der Waals surface area contributed by atoms with Crippen molar-refractivity contribution in [1.29, 1.82) is 0 Å². The van der Waals surface area contributed by atoms with E-state index in [4.69, 9.17) is 13.7 Å². The smallest absolute Gasteiger partial charge is 0.241 e. The minimum atomic E-state index is -1.88. The summed E-state index contributed by atoms with van der Waals surface area (Å²) in [7, 11) is 4.41. The van der Waals surface area contributed by atoms with E-state index in [0.29, 0.717) is 12.4 Å². The number of nitrogens with zero attached hydrogens (tertiary/aromatic N) is 4. The Morgan fingerprint density at radius 3 is 2.10 bits per heavy atom. The molecule has 3 heterocycles. The Hall–Kier alpha value is -4.21. The molecule has 13 nitrogen and oxygen atoms in total. The predicted octanol–water partition coefficient (Wildman–Crippen LogP) is 4.50. The van der Waals surface area contributed by atoms with Gasteiger partial charge in [-0.25, -0.2) is 18.9 Å². The number of nitrogens with one attached hydrogen (secondary N) is 3. The third-order valence-electron chi connectivity index (χ3n) is 8.81. The minimum absolute atomic E-state index is 0.00942. The summed E-state index contributed by atoms with van der Waals surface area (Å²) in [5, 5.41) is 0. The Labute approximate surface area is 295 Å². The molecule has 3 N–H and O–H groups in total. The van der Waals surface area contributed by atoms with E-state index in [1.165, 1.54) is 7.11 Å². The van der Waals surface area contributed by atoms with Crippen LogP contribution >= 0.6 is 0 Å². The highest BCUT2D eigenvalue weighted by atomic mass is 32.2. The van der Waals surface area contributed by atoms with Gasteiger partial charge in [0.15, 0.2) is 0 Å². The van der Waals surface area contributed by atoms with Gasteiger partial charge in [-0.3, -0.25) is 13.8 Å². The predicted molar refractivity (Wildman–Crippen MR) is 191 cm³/mol. The molecular formula is C36H47N7O6S. The lowest BCUT2D eigenvalue weighted by Gasteiger charge is -2.32. The highest BCUT2D eigenvalue weighted by Crippen LogP contribution is 2.31. The number of ether oxygens (including phenoxy) is 2. The zero-order valence-corrected chi connectivity index (χ0v) is 30.1. The lowest BCUT2D eigenvalue weighted by atomic mass is 10.0. The van der Waals surface area contributed by atoms with E-state index in [1.807, 2.05) is 32.2 Å². The molecule has 5 rings (SSSR count). The number of aromatic amines is 2. The van der Waals surface area contributed by atoms with E-state index < -0.39 is 23.2 Å². The maximum Gasteiger partial charge on any atom is 0.241 e. The summed E-state index contributed by atoms with van der Waals surface area (Å²) in [5.41, 5.74) is 5.88. The summed E-state index contributed by atoms with van der Waals surface area (Å²) in [4.78, 5) is 44.8. The average molecular weight is 706 g/mol. The third kappa shape index (κ3) is 9.11. The van der Waals surface area contributed by atoms with Gasteiger partial charge in [-0.2, -0.15) is 0 Å². The first kappa shape index (κ1) is 37.1. The Bertz CT molecular complexity index is 1700. The van der Waals surface area contributed by atoms with Gasteiger partial charge in [-0.15, -0.1) is 0 Å². The molecule has 1 aliphatic heterocycles. The molecule has 2 aromatic carbocycles. The number of H-pyrrole nitrogens is 2. The molecule has 3 atom stereocenters. The van der Waals surface area contributed by atoms with Gasteiger partial charge in [0.2, 0.25) is 23.6 Å². The first-order chi connectivity index (χ1) is 24.2. The monoisotopic (exact) mass is 705 g/mol. The zero-order valence-electron chi connectivity index (χ0n) is 29.3. The van der Waals surface area contributed by atoms with Gasteiger partial charge < -0.3 is 29.2 Å². The van der Waals surface area contributed by atoms with Crippen LogP contribution in [-0.2, 0) is 41.1 Å². The van der Waals surface area contributed by atoms with Crippen LogP contribution in [0.15, 0.2) is 60.9 Å². The lowest BCUT2D eigenvalue weighted by molar-refractivity contribution is -0.137. The van der Waals surface area contributed by atoms with Crippen LogP contribution in [0, 0.1) is 11.8 Å². The van der Waals surface area contributed by atoms with Gasteiger partial charge in [-0.05, 0) is 41.0 Å². The molecule has 4 aromatic rings. The molecule has 50 heavy (non-hydrogen) atoms. The van der Waals surface area contributed by atoms with Crippen molar-refractivity contribution in [1.82, 2.24) is 34.5 Å². The second-order valence-electron chi connectivity index (χ2n) is 12.9. The molecule has 1 aliphatic rings. The first-order valence-electron chi connectivity index (χ1n) is 16.7. The van der Waals surface area contributed by atoms with Crippen LogP contribution in [0.5, 0.6) is 0 Å². The fourth-order valence-corrected chi connectivity index (χ4v) is 6.95. The molecule has 0 spiro atoms. The van der Waals surface area contributed by atoms with Crippen molar-refractivity contribution in [3.05, 3.63) is 72.6 Å². The number of aromatic nitrogens is 4. The molecule has 0 radical (unpaired) electrons. The van der Waals surface area contributed by atoms with Crippen molar-refractivity contribution in [3.8, 4) is 33.6 Å². The summed E-state index contributed by atoms with van der Waals surface area (Å²) < 4.78 is 30.8. The molecule has 2 amide bonds. The van der Waals surface area contributed by atoms with Gasteiger partial charge in [0.25, 0.3) is 0 Å². The second kappa shape index (κ2) is 17.6. The second-order valence-corrected chi connectivity index (χ2v) is 13.9. The molecule has 0 bridgehead atoms. The van der Waals surface area contributed by atoms with Crippen LogP contribution < -0.4 is 4.72 Å². The number of imidazole rings is 2. The number of hydrogen-bond acceptors (Lipinski definition) is 8. The number of methoxy groups -OCH3 is 2. The summed E-state index contributed by atoms with van der Waals surface area (Å²) in [5.74, 6) is 0.982. The standard InChI is InChI=1S/C36H47N7O6S/c1-24(2)19-43(36(45)34(41-50(46)49-5)29(21-47-3)22-48-4)20-33-37-17-30(39-33)27-12-8-25(9-13-27)26-10-14-28(15-11-26)31-18-38-35(40-31)32-7-6-16-42(32)23-44/h8-15,17-18,23-24,29,32,34,41H,6-7,16,19-22H2,1-5H3,(H,37,39)(H,38,40). The molecule has 14 heteroatoms. The van der Waals surface area contributed by atoms with E-state index in [2.05, 4.69) is 61.1 Å². The Balaban J connectivity index is 1.27. The van der Waals surface area contributed by atoms with Gasteiger partial charge in [0, 0.05) is 33.2 Å². The van der Waals surface area contributed by atoms with Crippen molar-refractivity contribution >= 4 is 23.6 Å². The Kier molecular flexibility index (Phi) is 13.1. The summed E-state index contributed by atoms with van der Waals surface area (Å²) >= 11 is -1.88. The summed E-state index contributed by atoms with van der Waals surface area (Å²) in [6.07, 6.45) is 6.40. The number of amides is 2. The van der Waals surface area contributed by atoms with Gasteiger partial charge in [-0.1, -0.05) is 62.4 Å². The maximum atomic E-state index is 14.0. The third-order valence-corrected chi connectivity index (χ3v) is 9.55. The van der Waals surface area contributed by atoms with E-state index in [1.54, 1.807) is 30.2 Å². The van der Waals surface area contributed by atoms with Crippen LogP contribution in [0.25, 0.3) is 33.6 Å². The zero-order chi connectivity index (χ0) is 35.6. The minimum Gasteiger partial charge on any atom is -0.384 e. The van der Waals surface area contributed by atoms with E-state index in [9.17, 15) is 13.8 Å². The maximum absolute atomic E-state index is 14.0. The Morgan fingerprint density at radius 1 is 0.960 bits per heavy atom. The van der Waals surface area contributed by atoms with Crippen molar-refractivity contribution in [2.75, 3.05) is 47.6 Å². The van der Waals surface area contributed by atoms with Crippen molar-refractivity contribution in [2.24, 2.45) is 11.8 Å². The van der Waals surface area contributed by atoms with E-state index >= 15 is 0 Å². The lowest BCUT2D eigenvalue weighted by Crippen LogP contribution is -2.53. The summed E-state index contributed by atoms with van der Waals surface area (Å²) in [6, 6.07) is 15.7. The normalized spacial score (nSPS) is 15.9. The topological polar surface area (TPSA) is 155 Å². The summed E-state index contributed by atoms with van der Waals surface area (Å²) in [6.45, 7) is 6.00. The first-order valence-corrected chi connectivity index (χ1v) is 17.8. The number of benzene rings is 2. The molecule has 1 fully saturated rings. The van der Waals surface area contributed by atoms with Crippen LogP contribution in [0.3, 0.4) is 0 Å². The molecule has 0 saturated carbocycles. The number of rotatable bonds is 18. The largest absolute Gasteiger partial charge is 0.384 e. The van der Waals surface area contributed by atoms with Gasteiger partial charge in [0.05, 0.1) is 56.7 Å². The SMILES string of the molecule is COCC(COC)C(NS(=O)OC)C(=O)N(Cc1ncc(-c2ccc(-c3ccc(-c4cnc(C5CCCN5C=O)[nH]4)cc3)cc2)[nH]1)CC(C)C. The van der Waals surface area contributed by atoms with Crippen LogP contribution in [0.2, 0.25) is 0 Å². The number of carbonyl (C=O) groups excluding carboxylic acids is 2. The molecule has 268 valence electrons. The Morgan fingerprint density at radius 2 is 1.54 bits per heavy atom. The molecule has 0 aliphatic carbocycles. The van der Waals surface area contributed by atoms with Crippen molar-refractivity contribution < 1.29 is 27.5 Å². The van der Waals surface area contributed by atoms with Gasteiger partial charge >= 0.3 is 0 Å². The molecular weight excluding hydrogens is 659 g/mol. The van der Waals surface area contributed by atoms with Gasteiger partial charge in [0.1, 0.15) is 17.7 Å². The number of likely N-dealkylation sites (tertiary alicyclic amines) is 1. The molecule has 3 unspecified atom stereocenters. The van der Waals surface area contributed by atoms with Crippen LogP contribution in [-0.4, -0.2) is 99.9 Å². The highest BCUT2D eigenvalue weighted by molar-refractivity contribution is 7.78. The molecule has 1 saturated heterocycles. The quantitative estimate of drug-likeness (QED) is 0.128. The van der Waals surface area contributed by atoms with Crippen molar-refractivity contribution in [3.63, 3.8) is 0 Å². The van der Waals surface area contributed by atoms with Crippen LogP contribution in [0.1, 0.15) is 44.4 Å². The highest BCUT2D eigenvalue weighted by Gasteiger charge is 2.34. The molecule has 2 aromatic heterocycles.